The first-order valence-corrected chi connectivity index (χ1v) is 7.20. The molecule has 2 heterocycles. The lowest BCUT2D eigenvalue weighted by Crippen LogP contribution is -2.04. The van der Waals surface area contributed by atoms with Gasteiger partial charge in [-0.1, -0.05) is 17.7 Å². The lowest BCUT2D eigenvalue weighted by Gasteiger charge is -2.08. The van der Waals surface area contributed by atoms with Gasteiger partial charge >= 0.3 is 0 Å². The lowest BCUT2D eigenvalue weighted by molar-refractivity contribution is 0.433. The molecular formula is C19H16O4. The maximum atomic E-state index is 12.1. The Kier molecular flexibility index (Phi) is 4.15. The molecule has 0 saturated heterocycles. The summed E-state index contributed by atoms with van der Waals surface area (Å²) >= 11 is 0. The average molecular weight is 308 g/mol. The Morgan fingerprint density at radius 2 is 1.87 bits per heavy atom. The Labute approximate surface area is 133 Å². The summed E-state index contributed by atoms with van der Waals surface area (Å²) in [6, 6.07) is 8.99. The highest BCUT2D eigenvalue weighted by molar-refractivity contribution is 5.66. The van der Waals surface area contributed by atoms with E-state index in [0.29, 0.717) is 11.5 Å². The minimum atomic E-state index is -0.233. The molecule has 23 heavy (non-hydrogen) atoms. The van der Waals surface area contributed by atoms with Crippen molar-refractivity contribution < 1.29 is 13.6 Å². The van der Waals surface area contributed by atoms with Crippen LogP contribution in [0.2, 0.25) is 0 Å². The van der Waals surface area contributed by atoms with Gasteiger partial charge in [0.25, 0.3) is 0 Å². The summed E-state index contributed by atoms with van der Waals surface area (Å²) in [5.74, 6) is 1.26. The molecule has 0 bridgehead atoms. The number of aryl methyl sites for hydroxylation is 2. The second-order valence-electron chi connectivity index (χ2n) is 5.27. The second-order valence-corrected chi connectivity index (χ2v) is 5.27. The predicted molar refractivity (Wildman–Crippen MR) is 88.6 cm³/mol. The lowest BCUT2D eigenvalue weighted by atomic mass is 10.1. The first kappa shape index (κ1) is 14.9. The highest BCUT2D eigenvalue weighted by atomic mass is 16.5. The van der Waals surface area contributed by atoms with Gasteiger partial charge in [0, 0.05) is 11.6 Å². The molecular weight excluding hydrogens is 292 g/mol. The monoisotopic (exact) mass is 308 g/mol. The highest BCUT2D eigenvalue weighted by Gasteiger charge is 2.07. The third-order valence-corrected chi connectivity index (χ3v) is 3.35. The zero-order valence-corrected chi connectivity index (χ0v) is 12.9. The number of rotatable bonds is 4. The summed E-state index contributed by atoms with van der Waals surface area (Å²) in [5, 5.41) is 0. The van der Waals surface area contributed by atoms with Crippen molar-refractivity contribution in [1.29, 1.82) is 0 Å². The number of furan rings is 1. The topological polar surface area (TPSA) is 52.6 Å². The van der Waals surface area contributed by atoms with Gasteiger partial charge in [0.15, 0.2) is 0 Å². The van der Waals surface area contributed by atoms with Crippen LogP contribution in [-0.4, -0.2) is 0 Å². The Hall–Kier alpha value is -3.01. The molecule has 3 aromatic rings. The summed E-state index contributed by atoms with van der Waals surface area (Å²) < 4.78 is 16.1. The van der Waals surface area contributed by atoms with E-state index in [1.165, 1.54) is 12.3 Å². The van der Waals surface area contributed by atoms with Gasteiger partial charge in [-0.25, -0.2) is 0 Å². The number of ether oxygens (including phenoxy) is 1. The summed E-state index contributed by atoms with van der Waals surface area (Å²) in [4.78, 5) is 12.1. The van der Waals surface area contributed by atoms with Crippen LogP contribution in [0.4, 0.5) is 0 Å². The fourth-order valence-corrected chi connectivity index (χ4v) is 2.16. The number of benzene rings is 1. The Morgan fingerprint density at radius 3 is 2.57 bits per heavy atom. The summed E-state index contributed by atoms with van der Waals surface area (Å²) in [6.07, 6.45) is 8.01. The van der Waals surface area contributed by atoms with Crippen LogP contribution in [0.3, 0.4) is 0 Å². The number of hydrogen-bond donors (Lipinski definition) is 0. The third-order valence-electron chi connectivity index (χ3n) is 3.35. The van der Waals surface area contributed by atoms with Crippen LogP contribution in [0.25, 0.3) is 12.2 Å². The minimum absolute atomic E-state index is 0.164. The predicted octanol–water partition coefficient (Wildman–Crippen LogP) is 4.81. The first-order chi connectivity index (χ1) is 11.1. The van der Waals surface area contributed by atoms with E-state index in [0.717, 1.165) is 16.7 Å². The van der Waals surface area contributed by atoms with E-state index >= 15 is 0 Å². The largest absolute Gasteiger partial charge is 0.472 e. The fraction of sp³-hybridized carbons (Fsp3) is 0.105. The molecule has 0 amide bonds. The molecule has 0 N–H and O–H groups in total. The maximum Gasteiger partial charge on any atom is 0.227 e. The van der Waals surface area contributed by atoms with Crippen LogP contribution in [0.5, 0.6) is 11.5 Å². The maximum absolute atomic E-state index is 12.1. The van der Waals surface area contributed by atoms with Crippen molar-refractivity contribution in [2.24, 2.45) is 0 Å². The molecule has 0 fully saturated rings. The second kappa shape index (κ2) is 6.40. The van der Waals surface area contributed by atoms with E-state index in [2.05, 4.69) is 0 Å². The molecule has 0 atom stereocenters. The molecule has 4 nitrogen and oxygen atoms in total. The molecule has 0 unspecified atom stereocenters. The van der Waals surface area contributed by atoms with Crippen molar-refractivity contribution in [2.75, 3.05) is 0 Å². The standard InChI is InChI=1S/C19H16O4/c1-13-3-6-18(14(2)9-13)23-19-12-22-16(10-17(19)20)5-4-15-7-8-21-11-15/h3-12H,1-2H3/b5-4+. The summed E-state index contributed by atoms with van der Waals surface area (Å²) in [7, 11) is 0. The average Bonchev–Trinajstić information content (AvgIpc) is 3.03. The fourth-order valence-electron chi connectivity index (χ4n) is 2.16. The van der Waals surface area contributed by atoms with Crippen molar-refractivity contribution in [2.45, 2.75) is 13.8 Å². The molecule has 1 aromatic carbocycles. The van der Waals surface area contributed by atoms with Gasteiger partial charge < -0.3 is 13.6 Å². The van der Waals surface area contributed by atoms with E-state index in [9.17, 15) is 4.79 Å². The highest BCUT2D eigenvalue weighted by Crippen LogP contribution is 2.24. The van der Waals surface area contributed by atoms with Gasteiger partial charge in [0.1, 0.15) is 17.8 Å². The molecule has 0 saturated carbocycles. The molecule has 0 spiro atoms. The van der Waals surface area contributed by atoms with Crippen molar-refractivity contribution >= 4 is 12.2 Å². The van der Waals surface area contributed by atoms with Crippen LogP contribution in [0.15, 0.2) is 62.8 Å². The van der Waals surface area contributed by atoms with Crippen molar-refractivity contribution in [1.82, 2.24) is 0 Å². The van der Waals surface area contributed by atoms with Gasteiger partial charge in [-0.15, -0.1) is 0 Å². The van der Waals surface area contributed by atoms with E-state index in [1.807, 2.05) is 38.1 Å². The Balaban J connectivity index is 1.81. The van der Waals surface area contributed by atoms with E-state index in [1.54, 1.807) is 24.7 Å². The molecule has 116 valence electrons. The third kappa shape index (κ3) is 3.61. The SMILES string of the molecule is Cc1ccc(Oc2coc(/C=C/c3ccoc3)cc2=O)c(C)c1. The van der Waals surface area contributed by atoms with E-state index in [-0.39, 0.29) is 11.2 Å². The molecule has 3 rings (SSSR count). The van der Waals surface area contributed by atoms with Crippen LogP contribution in [0.1, 0.15) is 22.5 Å². The smallest absolute Gasteiger partial charge is 0.227 e. The summed E-state index contributed by atoms with van der Waals surface area (Å²) in [6.45, 7) is 3.94. The molecule has 2 aromatic heterocycles. The van der Waals surface area contributed by atoms with Crippen LogP contribution < -0.4 is 10.2 Å². The van der Waals surface area contributed by atoms with Gasteiger partial charge in [-0.2, -0.15) is 0 Å². The van der Waals surface area contributed by atoms with Gasteiger partial charge in [0.2, 0.25) is 11.2 Å². The Morgan fingerprint density at radius 1 is 1.00 bits per heavy atom. The van der Waals surface area contributed by atoms with Crippen molar-refractivity contribution in [3.05, 3.63) is 81.8 Å². The van der Waals surface area contributed by atoms with Gasteiger partial charge in [0.05, 0.1) is 12.5 Å². The summed E-state index contributed by atoms with van der Waals surface area (Å²) in [5.41, 5.74) is 2.77. The van der Waals surface area contributed by atoms with Crippen LogP contribution in [-0.2, 0) is 0 Å². The zero-order chi connectivity index (χ0) is 16.2. The van der Waals surface area contributed by atoms with Crippen molar-refractivity contribution in [3.63, 3.8) is 0 Å². The van der Waals surface area contributed by atoms with Crippen molar-refractivity contribution in [3.8, 4) is 11.5 Å². The molecule has 0 radical (unpaired) electrons. The molecule has 4 heteroatoms. The molecule has 0 aliphatic carbocycles. The first-order valence-electron chi connectivity index (χ1n) is 7.20. The zero-order valence-electron chi connectivity index (χ0n) is 12.9. The molecule has 0 aliphatic rings. The number of hydrogen-bond acceptors (Lipinski definition) is 4. The normalized spacial score (nSPS) is 11.0. The van der Waals surface area contributed by atoms with Gasteiger partial charge in [-0.3, -0.25) is 4.79 Å². The van der Waals surface area contributed by atoms with Crippen LogP contribution in [0, 0.1) is 13.8 Å². The molecule has 0 aliphatic heterocycles. The Bertz CT molecular complexity index is 886. The van der Waals surface area contributed by atoms with E-state index < -0.39 is 0 Å². The van der Waals surface area contributed by atoms with Gasteiger partial charge in [-0.05, 0) is 43.7 Å². The van der Waals surface area contributed by atoms with E-state index in [4.69, 9.17) is 13.6 Å². The van der Waals surface area contributed by atoms with Crippen LogP contribution >= 0.6 is 0 Å². The quantitative estimate of drug-likeness (QED) is 0.694. The minimum Gasteiger partial charge on any atom is -0.472 e.